The zero-order chi connectivity index (χ0) is 8.43. The summed E-state index contributed by atoms with van der Waals surface area (Å²) >= 11 is 5.31. The maximum atomic E-state index is 12.4. The summed E-state index contributed by atoms with van der Waals surface area (Å²) in [5, 5.41) is 8.52. The molecule has 1 aromatic heterocycles. The lowest BCUT2D eigenvalue weighted by molar-refractivity contribution is 0.111. The molecule has 58 valence electrons. The molecule has 0 atom stereocenters. The molecule has 0 aliphatic heterocycles. The van der Waals surface area contributed by atoms with E-state index >= 15 is 0 Å². The highest BCUT2D eigenvalue weighted by atomic mass is 35.5. The van der Waals surface area contributed by atoms with Crippen molar-refractivity contribution in [3.63, 3.8) is 0 Å². The number of aromatic hydroxyl groups is 1. The smallest absolute Gasteiger partial charge is 0.257 e. The van der Waals surface area contributed by atoms with Crippen LogP contribution >= 0.6 is 11.6 Å². The first-order chi connectivity index (χ1) is 5.15. The van der Waals surface area contributed by atoms with Gasteiger partial charge in [0.15, 0.2) is 12.0 Å². The zero-order valence-corrected chi connectivity index (χ0v) is 5.97. The van der Waals surface area contributed by atoms with Gasteiger partial charge in [0.05, 0.1) is 5.02 Å². The second-order valence-electron chi connectivity index (χ2n) is 1.79. The molecule has 11 heavy (non-hydrogen) atoms. The maximum Gasteiger partial charge on any atom is 0.257 e. The van der Waals surface area contributed by atoms with Gasteiger partial charge < -0.3 is 5.11 Å². The molecule has 0 aliphatic carbocycles. The van der Waals surface area contributed by atoms with Crippen LogP contribution in [0.4, 0.5) is 4.39 Å². The van der Waals surface area contributed by atoms with Crippen LogP contribution in [0.3, 0.4) is 0 Å². The van der Waals surface area contributed by atoms with Crippen molar-refractivity contribution in [2.45, 2.75) is 0 Å². The van der Waals surface area contributed by atoms with Gasteiger partial charge in [0.2, 0.25) is 0 Å². The molecule has 1 N–H and O–H groups in total. The molecule has 1 rings (SSSR count). The van der Waals surface area contributed by atoms with Crippen molar-refractivity contribution in [1.82, 2.24) is 4.98 Å². The highest BCUT2D eigenvalue weighted by Gasteiger charge is 2.08. The van der Waals surface area contributed by atoms with Gasteiger partial charge in [0, 0.05) is 0 Å². The molecule has 0 radical (unpaired) electrons. The third kappa shape index (κ3) is 1.46. The Hall–Kier alpha value is -1.16. The lowest BCUT2D eigenvalue weighted by Crippen LogP contribution is -1.91. The zero-order valence-electron chi connectivity index (χ0n) is 5.21. The molecule has 3 nitrogen and oxygen atoms in total. The highest BCUT2D eigenvalue weighted by molar-refractivity contribution is 6.32. The third-order valence-corrected chi connectivity index (χ3v) is 1.33. The highest BCUT2D eigenvalue weighted by Crippen LogP contribution is 2.24. The van der Waals surface area contributed by atoms with Gasteiger partial charge in [0.25, 0.3) is 5.95 Å². The minimum absolute atomic E-state index is 0.148. The number of aromatic nitrogens is 1. The molecule has 0 spiro atoms. The van der Waals surface area contributed by atoms with E-state index in [1.165, 1.54) is 0 Å². The predicted octanol–water partition coefficient (Wildman–Crippen LogP) is 1.39. The van der Waals surface area contributed by atoms with E-state index in [2.05, 4.69) is 4.98 Å². The molecule has 0 fully saturated rings. The Morgan fingerprint density at radius 3 is 2.82 bits per heavy atom. The van der Waals surface area contributed by atoms with Crippen LogP contribution in [0.25, 0.3) is 0 Å². The summed E-state index contributed by atoms with van der Waals surface area (Å²) < 4.78 is 12.4. The van der Waals surface area contributed by atoms with Gasteiger partial charge in [-0.05, 0) is 6.07 Å². The SMILES string of the molecule is O=Cc1cc(Cl)c(O)c(F)n1. The summed E-state index contributed by atoms with van der Waals surface area (Å²) in [6, 6.07) is 1.08. The molecule has 0 bridgehead atoms. The second kappa shape index (κ2) is 2.84. The topological polar surface area (TPSA) is 50.2 Å². The summed E-state index contributed by atoms with van der Waals surface area (Å²) in [4.78, 5) is 13.1. The molecule has 0 saturated carbocycles. The van der Waals surface area contributed by atoms with E-state index < -0.39 is 11.7 Å². The van der Waals surface area contributed by atoms with Gasteiger partial charge in [-0.1, -0.05) is 11.6 Å². The van der Waals surface area contributed by atoms with Gasteiger partial charge in [-0.25, -0.2) is 4.98 Å². The largest absolute Gasteiger partial charge is 0.503 e. The Bertz CT molecular complexity index is 280. The van der Waals surface area contributed by atoms with Crippen LogP contribution in [0.5, 0.6) is 5.75 Å². The molecule has 0 amide bonds. The number of rotatable bonds is 1. The van der Waals surface area contributed by atoms with E-state index in [9.17, 15) is 9.18 Å². The monoisotopic (exact) mass is 175 g/mol. The first-order valence-corrected chi connectivity index (χ1v) is 3.03. The van der Waals surface area contributed by atoms with E-state index in [1.807, 2.05) is 0 Å². The molecule has 0 saturated heterocycles. The number of nitrogens with zero attached hydrogens (tertiary/aromatic N) is 1. The number of carbonyl (C=O) groups is 1. The van der Waals surface area contributed by atoms with Gasteiger partial charge in [-0.2, -0.15) is 4.39 Å². The number of carbonyl (C=O) groups excluding carboxylic acids is 1. The summed E-state index contributed by atoms with van der Waals surface area (Å²) in [6.07, 6.45) is 0.342. The van der Waals surface area contributed by atoms with Crippen molar-refractivity contribution in [1.29, 1.82) is 0 Å². The average molecular weight is 176 g/mol. The second-order valence-corrected chi connectivity index (χ2v) is 2.19. The molecular formula is C6H3ClFNO2. The summed E-state index contributed by atoms with van der Waals surface area (Å²) in [5.74, 6) is -1.88. The summed E-state index contributed by atoms with van der Waals surface area (Å²) in [7, 11) is 0. The quantitative estimate of drug-likeness (QED) is 0.518. The molecule has 0 aliphatic rings. The lowest BCUT2D eigenvalue weighted by Gasteiger charge is -1.96. The number of hydrogen-bond donors (Lipinski definition) is 1. The third-order valence-electron chi connectivity index (χ3n) is 1.04. The molecule has 0 aromatic carbocycles. The van der Waals surface area contributed by atoms with Crippen LogP contribution in [0.15, 0.2) is 6.07 Å². The Balaban J connectivity index is 3.31. The van der Waals surface area contributed by atoms with Crippen LogP contribution in [-0.2, 0) is 0 Å². The first kappa shape index (κ1) is 7.94. The van der Waals surface area contributed by atoms with E-state index in [1.54, 1.807) is 0 Å². The predicted molar refractivity (Wildman–Crippen MR) is 36.3 cm³/mol. The average Bonchev–Trinajstić information content (AvgIpc) is 1.99. The van der Waals surface area contributed by atoms with Crippen LogP contribution in [-0.4, -0.2) is 16.4 Å². The number of halogens is 2. The van der Waals surface area contributed by atoms with E-state index in [4.69, 9.17) is 16.7 Å². The van der Waals surface area contributed by atoms with Crippen molar-refractivity contribution < 1.29 is 14.3 Å². The lowest BCUT2D eigenvalue weighted by atomic mass is 10.3. The van der Waals surface area contributed by atoms with Gasteiger partial charge in [-0.15, -0.1) is 0 Å². The van der Waals surface area contributed by atoms with Crippen molar-refractivity contribution in [2.24, 2.45) is 0 Å². The van der Waals surface area contributed by atoms with Gasteiger partial charge in [0.1, 0.15) is 5.69 Å². The van der Waals surface area contributed by atoms with Crippen LogP contribution in [0.2, 0.25) is 5.02 Å². The molecule has 0 unspecified atom stereocenters. The number of aldehydes is 1. The van der Waals surface area contributed by atoms with E-state index in [0.717, 1.165) is 6.07 Å². The number of hydrogen-bond acceptors (Lipinski definition) is 3. The van der Waals surface area contributed by atoms with Crippen molar-refractivity contribution in [2.75, 3.05) is 0 Å². The summed E-state index contributed by atoms with van der Waals surface area (Å²) in [5.41, 5.74) is -0.148. The molecule has 1 heterocycles. The normalized spacial score (nSPS) is 9.64. The fraction of sp³-hybridized carbons (Fsp3) is 0. The Labute approximate surface area is 66.4 Å². The molecular weight excluding hydrogens is 173 g/mol. The Morgan fingerprint density at radius 1 is 1.73 bits per heavy atom. The van der Waals surface area contributed by atoms with Gasteiger partial charge in [-0.3, -0.25) is 4.79 Å². The van der Waals surface area contributed by atoms with Crippen molar-refractivity contribution >= 4 is 17.9 Å². The maximum absolute atomic E-state index is 12.4. The van der Waals surface area contributed by atoms with Gasteiger partial charge >= 0.3 is 0 Å². The standard InChI is InChI=1S/C6H3ClFNO2/c7-4-1-3(2-10)9-6(8)5(4)11/h1-2,11H. The number of pyridine rings is 1. The summed E-state index contributed by atoms with van der Waals surface area (Å²) in [6.45, 7) is 0. The first-order valence-electron chi connectivity index (χ1n) is 2.65. The Morgan fingerprint density at radius 2 is 2.36 bits per heavy atom. The van der Waals surface area contributed by atoms with Crippen LogP contribution in [0.1, 0.15) is 10.5 Å². The van der Waals surface area contributed by atoms with Crippen molar-refractivity contribution in [3.05, 3.63) is 22.7 Å². The van der Waals surface area contributed by atoms with Crippen LogP contribution < -0.4 is 0 Å². The minimum atomic E-state index is -1.14. The molecule has 1 aromatic rings. The fourth-order valence-electron chi connectivity index (χ4n) is 0.556. The van der Waals surface area contributed by atoms with Crippen LogP contribution in [0, 0.1) is 5.95 Å². The minimum Gasteiger partial charge on any atom is -0.503 e. The van der Waals surface area contributed by atoms with E-state index in [0.29, 0.717) is 6.29 Å². The Kier molecular flexibility index (Phi) is 2.05. The molecule has 5 heteroatoms. The fourth-order valence-corrected chi connectivity index (χ4v) is 0.745. The van der Waals surface area contributed by atoms with Crippen molar-refractivity contribution in [3.8, 4) is 5.75 Å². The van der Waals surface area contributed by atoms with E-state index in [-0.39, 0.29) is 10.7 Å².